The summed E-state index contributed by atoms with van der Waals surface area (Å²) in [6, 6.07) is 0. The lowest BCUT2D eigenvalue weighted by Crippen LogP contribution is -2.16. The molecular formula is C10H18O4. The Hall–Kier alpha value is -1.06. The Morgan fingerprint density at radius 1 is 1.00 bits per heavy atom. The van der Waals surface area contributed by atoms with Gasteiger partial charge in [0.15, 0.2) is 6.61 Å². The van der Waals surface area contributed by atoms with Crippen LogP contribution in [0.1, 0.15) is 39.5 Å². The predicted octanol–water partition coefficient (Wildman–Crippen LogP) is 1.67. The van der Waals surface area contributed by atoms with Crippen molar-refractivity contribution in [2.45, 2.75) is 39.5 Å². The van der Waals surface area contributed by atoms with Crippen molar-refractivity contribution in [3.63, 3.8) is 0 Å². The van der Waals surface area contributed by atoms with Crippen LogP contribution in [0.2, 0.25) is 0 Å². The van der Waals surface area contributed by atoms with Crippen LogP contribution in [0.15, 0.2) is 0 Å². The van der Waals surface area contributed by atoms with E-state index in [9.17, 15) is 9.59 Å². The van der Waals surface area contributed by atoms with Gasteiger partial charge < -0.3 is 9.47 Å². The lowest BCUT2D eigenvalue weighted by Gasteiger charge is -2.04. The lowest BCUT2D eigenvalue weighted by molar-refractivity contribution is -0.158. The van der Waals surface area contributed by atoms with Gasteiger partial charge in [0.05, 0.1) is 6.61 Å². The van der Waals surface area contributed by atoms with E-state index in [4.69, 9.17) is 4.74 Å². The lowest BCUT2D eigenvalue weighted by atomic mass is 10.3. The number of carbonyl (C=O) groups excluding carboxylic acids is 2. The Labute approximate surface area is 84.6 Å². The second-order valence-electron chi connectivity index (χ2n) is 2.98. The average Bonchev–Trinajstić information content (AvgIpc) is 2.16. The fourth-order valence-corrected chi connectivity index (χ4v) is 0.788. The molecule has 0 rings (SSSR count). The highest BCUT2D eigenvalue weighted by atomic mass is 16.6. The Morgan fingerprint density at radius 3 is 2.29 bits per heavy atom. The van der Waals surface area contributed by atoms with Crippen molar-refractivity contribution in [3.05, 3.63) is 0 Å². The summed E-state index contributed by atoms with van der Waals surface area (Å²) < 4.78 is 9.46. The Kier molecular flexibility index (Phi) is 7.89. The second kappa shape index (κ2) is 8.53. The largest absolute Gasteiger partial charge is 0.463 e. The first kappa shape index (κ1) is 12.9. The molecule has 0 fully saturated rings. The summed E-state index contributed by atoms with van der Waals surface area (Å²) in [7, 11) is 0. The van der Waals surface area contributed by atoms with Gasteiger partial charge in [-0.3, -0.25) is 4.79 Å². The number of hydrogen-bond acceptors (Lipinski definition) is 4. The second-order valence-corrected chi connectivity index (χ2v) is 2.98. The van der Waals surface area contributed by atoms with E-state index in [2.05, 4.69) is 4.74 Å². The predicted molar refractivity (Wildman–Crippen MR) is 51.7 cm³/mol. The first-order valence-corrected chi connectivity index (χ1v) is 5.02. The van der Waals surface area contributed by atoms with Gasteiger partial charge >= 0.3 is 11.9 Å². The van der Waals surface area contributed by atoms with Crippen LogP contribution in [0.5, 0.6) is 0 Å². The SMILES string of the molecule is CCCCOC(=O)COC(=O)CCC. The van der Waals surface area contributed by atoms with Gasteiger partial charge in [0.1, 0.15) is 0 Å². The van der Waals surface area contributed by atoms with Crippen LogP contribution in [-0.4, -0.2) is 25.2 Å². The average molecular weight is 202 g/mol. The standard InChI is InChI=1S/C10H18O4/c1-3-5-7-13-10(12)8-14-9(11)6-4-2/h3-8H2,1-2H3. The maximum Gasteiger partial charge on any atom is 0.344 e. The summed E-state index contributed by atoms with van der Waals surface area (Å²) in [6.07, 6.45) is 2.89. The number of carbonyl (C=O) groups is 2. The molecule has 0 atom stereocenters. The fraction of sp³-hybridized carbons (Fsp3) is 0.800. The van der Waals surface area contributed by atoms with Gasteiger partial charge in [0, 0.05) is 6.42 Å². The van der Waals surface area contributed by atoms with E-state index in [1.54, 1.807) is 0 Å². The van der Waals surface area contributed by atoms with Crippen molar-refractivity contribution < 1.29 is 19.1 Å². The number of rotatable bonds is 7. The zero-order valence-electron chi connectivity index (χ0n) is 8.88. The Balaban J connectivity index is 3.39. The monoisotopic (exact) mass is 202 g/mol. The van der Waals surface area contributed by atoms with Crippen LogP contribution in [0.4, 0.5) is 0 Å². The third-order valence-corrected chi connectivity index (χ3v) is 1.57. The zero-order valence-corrected chi connectivity index (χ0v) is 8.88. The minimum Gasteiger partial charge on any atom is -0.463 e. The molecule has 0 radical (unpaired) electrons. The molecule has 0 bridgehead atoms. The van der Waals surface area contributed by atoms with E-state index in [0.29, 0.717) is 13.0 Å². The van der Waals surface area contributed by atoms with Crippen LogP contribution in [0.25, 0.3) is 0 Å². The Morgan fingerprint density at radius 2 is 1.71 bits per heavy atom. The molecule has 0 amide bonds. The zero-order chi connectivity index (χ0) is 10.8. The molecule has 82 valence electrons. The smallest absolute Gasteiger partial charge is 0.344 e. The molecule has 0 saturated heterocycles. The number of unbranched alkanes of at least 4 members (excludes halogenated alkanes) is 1. The molecule has 0 aliphatic rings. The quantitative estimate of drug-likeness (QED) is 0.465. The summed E-state index contributed by atoms with van der Waals surface area (Å²) in [5.41, 5.74) is 0. The number of ether oxygens (including phenoxy) is 2. The molecule has 0 N–H and O–H groups in total. The molecule has 0 aliphatic carbocycles. The summed E-state index contributed by atoms with van der Waals surface area (Å²) in [5, 5.41) is 0. The van der Waals surface area contributed by atoms with Gasteiger partial charge in [-0.05, 0) is 12.8 Å². The van der Waals surface area contributed by atoms with E-state index in [1.165, 1.54) is 0 Å². The van der Waals surface area contributed by atoms with Gasteiger partial charge in [0.2, 0.25) is 0 Å². The molecular weight excluding hydrogens is 184 g/mol. The number of esters is 2. The molecule has 0 spiro atoms. The Bertz CT molecular complexity index is 177. The summed E-state index contributed by atoms with van der Waals surface area (Å²) in [5.74, 6) is -0.817. The fourth-order valence-electron chi connectivity index (χ4n) is 0.788. The highest BCUT2D eigenvalue weighted by molar-refractivity contribution is 5.76. The first-order chi connectivity index (χ1) is 6.70. The maximum atomic E-state index is 10.9. The summed E-state index contributed by atoms with van der Waals surface area (Å²) in [4.78, 5) is 21.8. The number of hydrogen-bond donors (Lipinski definition) is 0. The van der Waals surface area contributed by atoms with Gasteiger partial charge in [0.25, 0.3) is 0 Å². The third kappa shape index (κ3) is 7.58. The van der Waals surface area contributed by atoms with Crippen molar-refractivity contribution in [2.75, 3.05) is 13.2 Å². The molecule has 0 aromatic carbocycles. The van der Waals surface area contributed by atoms with Crippen molar-refractivity contribution in [1.82, 2.24) is 0 Å². The molecule has 0 aliphatic heterocycles. The van der Waals surface area contributed by atoms with Gasteiger partial charge in [-0.1, -0.05) is 20.3 Å². The topological polar surface area (TPSA) is 52.6 Å². The molecule has 14 heavy (non-hydrogen) atoms. The molecule has 0 unspecified atom stereocenters. The van der Waals surface area contributed by atoms with Gasteiger partial charge in [-0.2, -0.15) is 0 Å². The molecule has 0 saturated carbocycles. The molecule has 4 nitrogen and oxygen atoms in total. The van der Waals surface area contributed by atoms with Crippen molar-refractivity contribution in [2.24, 2.45) is 0 Å². The summed E-state index contributed by atoms with van der Waals surface area (Å²) in [6.45, 7) is 4.03. The molecule has 4 heteroatoms. The van der Waals surface area contributed by atoms with E-state index in [1.807, 2.05) is 13.8 Å². The van der Waals surface area contributed by atoms with Gasteiger partial charge in [-0.25, -0.2) is 4.79 Å². The minimum atomic E-state index is -0.470. The normalized spacial score (nSPS) is 9.57. The van der Waals surface area contributed by atoms with Crippen LogP contribution in [0.3, 0.4) is 0 Å². The van der Waals surface area contributed by atoms with Crippen molar-refractivity contribution in [1.29, 1.82) is 0 Å². The van der Waals surface area contributed by atoms with Crippen molar-refractivity contribution in [3.8, 4) is 0 Å². The van der Waals surface area contributed by atoms with Crippen LogP contribution in [-0.2, 0) is 19.1 Å². The van der Waals surface area contributed by atoms with E-state index < -0.39 is 5.97 Å². The highest BCUT2D eigenvalue weighted by Crippen LogP contribution is 1.93. The van der Waals surface area contributed by atoms with Crippen LogP contribution in [0, 0.1) is 0 Å². The minimum absolute atomic E-state index is 0.261. The molecule has 0 aromatic heterocycles. The van der Waals surface area contributed by atoms with E-state index in [-0.39, 0.29) is 12.6 Å². The third-order valence-electron chi connectivity index (χ3n) is 1.57. The highest BCUT2D eigenvalue weighted by Gasteiger charge is 2.06. The molecule has 0 aromatic rings. The van der Waals surface area contributed by atoms with Crippen LogP contribution < -0.4 is 0 Å². The van der Waals surface area contributed by atoms with E-state index >= 15 is 0 Å². The van der Waals surface area contributed by atoms with E-state index in [0.717, 1.165) is 19.3 Å². The van der Waals surface area contributed by atoms with Crippen LogP contribution >= 0.6 is 0 Å². The molecule has 0 heterocycles. The maximum absolute atomic E-state index is 10.9. The van der Waals surface area contributed by atoms with Gasteiger partial charge in [-0.15, -0.1) is 0 Å². The first-order valence-electron chi connectivity index (χ1n) is 5.02. The summed E-state index contributed by atoms with van der Waals surface area (Å²) >= 11 is 0. The van der Waals surface area contributed by atoms with Crippen molar-refractivity contribution >= 4 is 11.9 Å².